The number of halogens is 2. The number of anilines is 1. The van der Waals surface area contributed by atoms with Gasteiger partial charge in [0.05, 0.1) is 5.52 Å². The van der Waals surface area contributed by atoms with Crippen LogP contribution in [0.5, 0.6) is 0 Å². The highest BCUT2D eigenvalue weighted by Crippen LogP contribution is 2.26. The van der Waals surface area contributed by atoms with Crippen molar-refractivity contribution in [2.24, 2.45) is 5.92 Å². The van der Waals surface area contributed by atoms with Gasteiger partial charge in [-0.3, -0.25) is 4.79 Å². The van der Waals surface area contributed by atoms with Crippen molar-refractivity contribution in [1.82, 2.24) is 14.9 Å². The minimum atomic E-state index is -2.72. The second-order valence-corrected chi connectivity index (χ2v) is 7.23. The number of hydrogen-bond acceptors (Lipinski definition) is 4. The lowest BCUT2D eigenvalue weighted by Gasteiger charge is -2.32. The predicted molar refractivity (Wildman–Crippen MR) is 108 cm³/mol. The zero-order valence-electron chi connectivity index (χ0n) is 15.9. The van der Waals surface area contributed by atoms with E-state index in [4.69, 9.17) is 0 Å². The maximum absolute atomic E-state index is 13.1. The lowest BCUT2D eigenvalue weighted by atomic mass is 9.96. The van der Waals surface area contributed by atoms with Crippen LogP contribution in [0.2, 0.25) is 0 Å². The Kier molecular flexibility index (Phi) is 5.64. The Morgan fingerprint density at radius 2 is 1.72 bits per heavy atom. The summed E-state index contributed by atoms with van der Waals surface area (Å²) in [6.45, 7) is 2.00. The van der Waals surface area contributed by atoms with Gasteiger partial charge in [0.15, 0.2) is 5.82 Å². The summed E-state index contributed by atoms with van der Waals surface area (Å²) in [6, 6.07) is 16.4. The Hall–Kier alpha value is -3.09. The molecule has 1 aliphatic rings. The van der Waals surface area contributed by atoms with E-state index in [2.05, 4.69) is 15.3 Å². The number of amides is 1. The standard InChI is InChI=1S/C22H22F2N4O/c23-19(24)21-26-18-9-5-4-8-17(18)20(27-21)25-14-15-10-12-28(13-11-15)22(29)16-6-2-1-3-7-16/h1-9,15,19H,10-14H2,(H,25,26,27). The summed E-state index contributed by atoms with van der Waals surface area (Å²) in [4.78, 5) is 22.4. The van der Waals surface area contributed by atoms with Gasteiger partial charge in [0.1, 0.15) is 5.82 Å². The molecule has 2 heterocycles. The minimum absolute atomic E-state index is 0.0559. The van der Waals surface area contributed by atoms with Crippen LogP contribution >= 0.6 is 0 Å². The lowest BCUT2D eigenvalue weighted by molar-refractivity contribution is 0.0695. The van der Waals surface area contributed by atoms with Crippen LogP contribution in [0.4, 0.5) is 14.6 Å². The topological polar surface area (TPSA) is 58.1 Å². The first-order chi connectivity index (χ1) is 14.1. The zero-order valence-corrected chi connectivity index (χ0v) is 15.9. The molecular formula is C22H22F2N4O. The first-order valence-corrected chi connectivity index (χ1v) is 9.75. The maximum atomic E-state index is 13.1. The van der Waals surface area contributed by atoms with Gasteiger partial charge in [0, 0.05) is 30.6 Å². The normalized spacial score (nSPS) is 15.1. The van der Waals surface area contributed by atoms with Crippen molar-refractivity contribution < 1.29 is 13.6 Å². The summed E-state index contributed by atoms with van der Waals surface area (Å²) in [6.07, 6.45) is -1.00. The largest absolute Gasteiger partial charge is 0.369 e. The monoisotopic (exact) mass is 396 g/mol. The minimum Gasteiger partial charge on any atom is -0.369 e. The SMILES string of the molecule is O=C(c1ccccc1)N1CCC(CNc2nc(C(F)F)nc3ccccc23)CC1. The van der Waals surface area contributed by atoms with E-state index < -0.39 is 12.2 Å². The van der Waals surface area contributed by atoms with Gasteiger partial charge < -0.3 is 10.2 Å². The highest BCUT2D eigenvalue weighted by Gasteiger charge is 2.24. The van der Waals surface area contributed by atoms with Gasteiger partial charge in [-0.2, -0.15) is 0 Å². The molecule has 0 aliphatic carbocycles. The van der Waals surface area contributed by atoms with E-state index in [1.54, 1.807) is 12.1 Å². The van der Waals surface area contributed by atoms with Crippen LogP contribution in [0.25, 0.3) is 10.9 Å². The van der Waals surface area contributed by atoms with Gasteiger partial charge in [-0.1, -0.05) is 30.3 Å². The van der Waals surface area contributed by atoms with Gasteiger partial charge in [-0.25, -0.2) is 18.7 Å². The van der Waals surface area contributed by atoms with Crippen LogP contribution in [0.1, 0.15) is 35.4 Å². The maximum Gasteiger partial charge on any atom is 0.297 e. The first kappa shape index (κ1) is 19.2. The Bertz CT molecular complexity index is 989. The van der Waals surface area contributed by atoms with Crippen LogP contribution < -0.4 is 5.32 Å². The second-order valence-electron chi connectivity index (χ2n) is 7.23. The zero-order chi connectivity index (χ0) is 20.2. The number of alkyl halides is 2. The smallest absolute Gasteiger partial charge is 0.297 e. The van der Waals surface area contributed by atoms with E-state index in [0.717, 1.165) is 18.2 Å². The van der Waals surface area contributed by atoms with E-state index in [1.807, 2.05) is 47.4 Å². The molecular weight excluding hydrogens is 374 g/mol. The fourth-order valence-electron chi connectivity index (χ4n) is 3.67. The molecule has 1 N–H and O–H groups in total. The Morgan fingerprint density at radius 3 is 2.45 bits per heavy atom. The molecule has 7 heteroatoms. The molecule has 1 saturated heterocycles. The molecule has 29 heavy (non-hydrogen) atoms. The van der Waals surface area contributed by atoms with Gasteiger partial charge in [-0.15, -0.1) is 0 Å². The van der Waals surface area contributed by atoms with E-state index in [1.165, 1.54) is 0 Å². The molecule has 150 valence electrons. The molecule has 0 radical (unpaired) electrons. The molecule has 0 bridgehead atoms. The van der Waals surface area contributed by atoms with Crippen molar-refractivity contribution in [3.63, 3.8) is 0 Å². The van der Waals surface area contributed by atoms with Gasteiger partial charge in [0.25, 0.3) is 12.3 Å². The van der Waals surface area contributed by atoms with Crippen LogP contribution in [0.15, 0.2) is 54.6 Å². The third-order valence-electron chi connectivity index (χ3n) is 5.30. The summed E-state index contributed by atoms with van der Waals surface area (Å²) in [5, 5.41) is 3.97. The summed E-state index contributed by atoms with van der Waals surface area (Å²) in [5.41, 5.74) is 1.21. The van der Waals surface area contributed by atoms with Crippen LogP contribution in [-0.2, 0) is 0 Å². The summed E-state index contributed by atoms with van der Waals surface area (Å²) < 4.78 is 26.3. The molecule has 1 aliphatic heterocycles. The summed E-state index contributed by atoms with van der Waals surface area (Å²) in [5.74, 6) is 0.377. The molecule has 0 unspecified atom stereocenters. The number of benzene rings is 2. The summed E-state index contributed by atoms with van der Waals surface area (Å²) in [7, 11) is 0. The molecule has 4 rings (SSSR count). The Balaban J connectivity index is 1.39. The van der Waals surface area contributed by atoms with E-state index in [0.29, 0.717) is 42.5 Å². The highest BCUT2D eigenvalue weighted by atomic mass is 19.3. The number of nitrogens with zero attached hydrogens (tertiary/aromatic N) is 3. The molecule has 3 aromatic rings. The molecule has 0 spiro atoms. The van der Waals surface area contributed by atoms with Crippen molar-refractivity contribution in [2.75, 3.05) is 25.0 Å². The van der Waals surface area contributed by atoms with Crippen LogP contribution in [0, 0.1) is 5.92 Å². The number of nitrogens with one attached hydrogen (secondary N) is 1. The van der Waals surface area contributed by atoms with Crippen molar-refractivity contribution in [3.05, 3.63) is 66.0 Å². The predicted octanol–water partition coefficient (Wildman–Crippen LogP) is 4.53. The van der Waals surface area contributed by atoms with E-state index in [-0.39, 0.29) is 5.91 Å². The number of fused-ring (bicyclic) bond motifs is 1. The van der Waals surface area contributed by atoms with Crippen LogP contribution in [0.3, 0.4) is 0 Å². The van der Waals surface area contributed by atoms with Gasteiger partial charge >= 0.3 is 0 Å². The lowest BCUT2D eigenvalue weighted by Crippen LogP contribution is -2.39. The molecule has 1 aromatic heterocycles. The molecule has 1 fully saturated rings. The average Bonchev–Trinajstić information content (AvgIpc) is 2.77. The summed E-state index contributed by atoms with van der Waals surface area (Å²) >= 11 is 0. The Morgan fingerprint density at radius 1 is 1.03 bits per heavy atom. The third-order valence-corrected chi connectivity index (χ3v) is 5.30. The molecule has 0 saturated carbocycles. The molecule has 5 nitrogen and oxygen atoms in total. The van der Waals surface area contributed by atoms with Gasteiger partial charge in [-0.05, 0) is 43.0 Å². The van der Waals surface area contributed by atoms with E-state index >= 15 is 0 Å². The average molecular weight is 396 g/mol. The number of aromatic nitrogens is 2. The number of carbonyl (C=O) groups excluding carboxylic acids is 1. The number of carbonyl (C=O) groups is 1. The van der Waals surface area contributed by atoms with Crippen molar-refractivity contribution in [1.29, 1.82) is 0 Å². The number of hydrogen-bond donors (Lipinski definition) is 1. The van der Waals surface area contributed by atoms with Crippen molar-refractivity contribution in [2.45, 2.75) is 19.3 Å². The first-order valence-electron chi connectivity index (χ1n) is 9.75. The Labute approximate surface area is 167 Å². The fourth-order valence-corrected chi connectivity index (χ4v) is 3.67. The van der Waals surface area contributed by atoms with Crippen molar-refractivity contribution >= 4 is 22.6 Å². The van der Waals surface area contributed by atoms with Gasteiger partial charge in [0.2, 0.25) is 0 Å². The third kappa shape index (κ3) is 4.34. The van der Waals surface area contributed by atoms with Crippen molar-refractivity contribution in [3.8, 4) is 0 Å². The highest BCUT2D eigenvalue weighted by molar-refractivity contribution is 5.94. The number of likely N-dealkylation sites (tertiary alicyclic amines) is 1. The number of piperidine rings is 1. The number of rotatable bonds is 5. The van der Waals surface area contributed by atoms with E-state index in [9.17, 15) is 13.6 Å². The quantitative estimate of drug-likeness (QED) is 0.688. The fraction of sp³-hybridized carbons (Fsp3) is 0.318. The van der Waals surface area contributed by atoms with Crippen LogP contribution in [-0.4, -0.2) is 40.4 Å². The number of para-hydroxylation sites is 1. The molecule has 2 aromatic carbocycles. The molecule has 0 atom stereocenters. The molecule has 1 amide bonds. The second kappa shape index (κ2) is 8.51.